The SMILES string of the molecule is Cc1nc(Cl)nc(Oc2ccc(C#N)cc2F)c1N. The summed E-state index contributed by atoms with van der Waals surface area (Å²) in [4.78, 5) is 7.63. The molecular formula is C12H8ClFN4O. The number of hydrogen-bond acceptors (Lipinski definition) is 5. The first-order chi connectivity index (χ1) is 9.01. The molecule has 2 N–H and O–H groups in total. The van der Waals surface area contributed by atoms with Gasteiger partial charge in [-0.3, -0.25) is 0 Å². The maximum atomic E-state index is 13.7. The van der Waals surface area contributed by atoms with Crippen LogP contribution < -0.4 is 10.5 Å². The van der Waals surface area contributed by atoms with Crippen molar-refractivity contribution in [2.24, 2.45) is 0 Å². The third-order valence-corrected chi connectivity index (χ3v) is 2.51. The summed E-state index contributed by atoms with van der Waals surface area (Å²) >= 11 is 5.68. The third-order valence-electron chi connectivity index (χ3n) is 2.34. The van der Waals surface area contributed by atoms with Gasteiger partial charge in [-0.05, 0) is 36.7 Å². The quantitative estimate of drug-likeness (QED) is 0.854. The van der Waals surface area contributed by atoms with E-state index in [2.05, 4.69) is 9.97 Å². The maximum absolute atomic E-state index is 13.7. The Morgan fingerprint density at radius 1 is 1.42 bits per heavy atom. The molecule has 1 heterocycles. The first kappa shape index (κ1) is 13.1. The van der Waals surface area contributed by atoms with Crippen LogP contribution in [0, 0.1) is 24.1 Å². The fraction of sp³-hybridized carbons (Fsp3) is 0.0833. The number of nitrogen functional groups attached to an aromatic ring is 1. The molecule has 0 aliphatic rings. The van der Waals surface area contributed by atoms with Gasteiger partial charge in [-0.15, -0.1) is 0 Å². The molecule has 5 nitrogen and oxygen atoms in total. The van der Waals surface area contributed by atoms with Crippen LogP contribution in [0.2, 0.25) is 5.28 Å². The minimum atomic E-state index is -0.689. The van der Waals surface area contributed by atoms with Crippen molar-refractivity contribution < 1.29 is 9.13 Å². The van der Waals surface area contributed by atoms with Gasteiger partial charge in [0, 0.05) is 0 Å². The molecule has 7 heteroatoms. The normalized spacial score (nSPS) is 10.0. The highest BCUT2D eigenvalue weighted by Crippen LogP contribution is 2.29. The second kappa shape index (κ2) is 5.08. The lowest BCUT2D eigenvalue weighted by Gasteiger charge is -2.09. The number of halogens is 2. The van der Waals surface area contributed by atoms with Crippen LogP contribution in [0.1, 0.15) is 11.3 Å². The van der Waals surface area contributed by atoms with Crippen LogP contribution in [0.3, 0.4) is 0 Å². The van der Waals surface area contributed by atoms with Gasteiger partial charge in [0.2, 0.25) is 11.2 Å². The van der Waals surface area contributed by atoms with E-state index in [-0.39, 0.29) is 28.2 Å². The van der Waals surface area contributed by atoms with Crippen molar-refractivity contribution in [2.75, 3.05) is 5.73 Å². The number of hydrogen-bond donors (Lipinski definition) is 1. The van der Waals surface area contributed by atoms with Gasteiger partial charge in [-0.25, -0.2) is 9.37 Å². The Hall–Kier alpha value is -2.39. The van der Waals surface area contributed by atoms with Crippen LogP contribution >= 0.6 is 11.6 Å². The molecule has 0 bridgehead atoms. The largest absolute Gasteiger partial charge is 0.434 e. The molecule has 0 spiro atoms. The first-order valence-electron chi connectivity index (χ1n) is 5.18. The smallest absolute Gasteiger partial charge is 0.247 e. The van der Waals surface area contributed by atoms with Gasteiger partial charge in [-0.1, -0.05) is 0 Å². The molecule has 1 aromatic carbocycles. The van der Waals surface area contributed by atoms with Crippen molar-refractivity contribution in [3.05, 3.63) is 40.6 Å². The summed E-state index contributed by atoms with van der Waals surface area (Å²) in [5.41, 5.74) is 6.52. The van der Waals surface area contributed by atoms with Crippen LogP contribution in [0.5, 0.6) is 11.6 Å². The van der Waals surface area contributed by atoms with Gasteiger partial charge in [0.05, 0.1) is 17.3 Å². The Morgan fingerprint density at radius 2 is 2.16 bits per heavy atom. The highest BCUT2D eigenvalue weighted by molar-refractivity contribution is 6.28. The lowest BCUT2D eigenvalue weighted by atomic mass is 10.2. The predicted octanol–water partition coefficient (Wildman–Crippen LogP) is 2.82. The Balaban J connectivity index is 2.39. The minimum absolute atomic E-state index is 0.0268. The van der Waals surface area contributed by atoms with Crippen molar-refractivity contribution in [2.45, 2.75) is 6.92 Å². The fourth-order valence-electron chi connectivity index (χ4n) is 1.36. The number of ether oxygens (including phenoxy) is 1. The standard InChI is InChI=1S/C12H8ClFN4O/c1-6-10(16)11(18-12(13)17-6)19-9-3-2-7(5-15)4-8(9)14/h2-4H,16H2,1H3. The zero-order chi connectivity index (χ0) is 14.0. The summed E-state index contributed by atoms with van der Waals surface area (Å²) in [5, 5.41) is 8.60. The number of nitrogens with two attached hydrogens (primary N) is 1. The Morgan fingerprint density at radius 3 is 2.79 bits per heavy atom. The fourth-order valence-corrected chi connectivity index (χ4v) is 1.56. The number of nitriles is 1. The van der Waals surface area contributed by atoms with E-state index in [0.29, 0.717) is 5.69 Å². The number of aryl methyl sites for hydroxylation is 1. The average Bonchev–Trinajstić information content (AvgIpc) is 2.37. The molecule has 0 fully saturated rings. The van der Waals surface area contributed by atoms with E-state index >= 15 is 0 Å². The van der Waals surface area contributed by atoms with E-state index < -0.39 is 5.82 Å². The van der Waals surface area contributed by atoms with E-state index in [9.17, 15) is 4.39 Å². The zero-order valence-electron chi connectivity index (χ0n) is 9.82. The van der Waals surface area contributed by atoms with Gasteiger partial charge < -0.3 is 10.5 Å². The molecule has 19 heavy (non-hydrogen) atoms. The van der Waals surface area contributed by atoms with Crippen LogP contribution in [0.15, 0.2) is 18.2 Å². The van der Waals surface area contributed by atoms with Crippen molar-refractivity contribution >= 4 is 17.3 Å². The summed E-state index contributed by atoms with van der Waals surface area (Å²) in [5.74, 6) is -0.813. The Kier molecular flexibility index (Phi) is 3.49. The zero-order valence-corrected chi connectivity index (χ0v) is 10.6. The third kappa shape index (κ3) is 2.72. The number of benzene rings is 1. The number of nitrogens with zero attached hydrogens (tertiary/aromatic N) is 3. The number of rotatable bonds is 2. The molecule has 0 atom stereocenters. The van der Waals surface area contributed by atoms with E-state index in [1.54, 1.807) is 6.92 Å². The van der Waals surface area contributed by atoms with Crippen LogP contribution in [-0.2, 0) is 0 Å². The van der Waals surface area contributed by atoms with Gasteiger partial charge in [-0.2, -0.15) is 10.2 Å². The summed E-state index contributed by atoms with van der Waals surface area (Å²) in [6.45, 7) is 1.63. The van der Waals surface area contributed by atoms with Crippen LogP contribution in [0.4, 0.5) is 10.1 Å². The molecule has 2 rings (SSSR count). The summed E-state index contributed by atoms with van der Waals surface area (Å²) in [6.07, 6.45) is 0. The second-order valence-corrected chi connectivity index (χ2v) is 3.99. The monoisotopic (exact) mass is 278 g/mol. The van der Waals surface area contributed by atoms with E-state index in [4.69, 9.17) is 27.3 Å². The van der Waals surface area contributed by atoms with Gasteiger partial charge in [0.1, 0.15) is 5.69 Å². The molecule has 96 valence electrons. The van der Waals surface area contributed by atoms with Crippen molar-refractivity contribution in [3.63, 3.8) is 0 Å². The van der Waals surface area contributed by atoms with E-state index in [1.807, 2.05) is 6.07 Å². The highest BCUT2D eigenvalue weighted by atomic mass is 35.5. The molecule has 0 aliphatic heterocycles. The lowest BCUT2D eigenvalue weighted by molar-refractivity contribution is 0.428. The molecule has 0 unspecified atom stereocenters. The molecule has 2 aromatic rings. The summed E-state index contributed by atoms with van der Waals surface area (Å²) in [6, 6.07) is 5.62. The topological polar surface area (TPSA) is 84.8 Å². The minimum Gasteiger partial charge on any atom is -0.434 e. The molecule has 0 saturated carbocycles. The molecule has 0 saturated heterocycles. The number of aromatic nitrogens is 2. The summed E-state index contributed by atoms with van der Waals surface area (Å²) in [7, 11) is 0. The molecular weight excluding hydrogens is 271 g/mol. The van der Waals surface area contributed by atoms with Crippen LogP contribution in [-0.4, -0.2) is 9.97 Å². The summed E-state index contributed by atoms with van der Waals surface area (Å²) < 4.78 is 18.9. The Labute approximate surface area is 113 Å². The molecule has 0 radical (unpaired) electrons. The van der Waals surface area contributed by atoms with Crippen molar-refractivity contribution in [1.82, 2.24) is 9.97 Å². The Bertz CT molecular complexity index is 684. The highest BCUT2D eigenvalue weighted by Gasteiger charge is 2.13. The number of anilines is 1. The first-order valence-corrected chi connectivity index (χ1v) is 5.56. The molecule has 0 aliphatic carbocycles. The van der Waals surface area contributed by atoms with Crippen LogP contribution in [0.25, 0.3) is 0 Å². The molecule has 0 amide bonds. The van der Waals surface area contributed by atoms with E-state index in [1.165, 1.54) is 12.1 Å². The lowest BCUT2D eigenvalue weighted by Crippen LogP contribution is -2.01. The average molecular weight is 279 g/mol. The van der Waals surface area contributed by atoms with Gasteiger partial charge >= 0.3 is 0 Å². The molecule has 1 aromatic heterocycles. The second-order valence-electron chi connectivity index (χ2n) is 3.66. The maximum Gasteiger partial charge on any atom is 0.247 e. The predicted molar refractivity (Wildman–Crippen MR) is 67.4 cm³/mol. The van der Waals surface area contributed by atoms with E-state index in [0.717, 1.165) is 6.07 Å². The van der Waals surface area contributed by atoms with Crippen molar-refractivity contribution in [3.8, 4) is 17.7 Å². The van der Waals surface area contributed by atoms with Gasteiger partial charge in [0.15, 0.2) is 11.6 Å². The van der Waals surface area contributed by atoms with Gasteiger partial charge in [0.25, 0.3) is 0 Å². The van der Waals surface area contributed by atoms with Crippen molar-refractivity contribution in [1.29, 1.82) is 5.26 Å².